The average Bonchev–Trinajstić information content (AvgIpc) is 3.27. The fourth-order valence-corrected chi connectivity index (χ4v) is 2.77. The Morgan fingerprint density at radius 3 is 2.48 bits per heavy atom. The molecular formula is C19H13F3N4O. The van der Waals surface area contributed by atoms with E-state index in [1.54, 1.807) is 6.07 Å². The largest absolute Gasteiger partial charge is 0.416 e. The van der Waals surface area contributed by atoms with Crippen LogP contribution in [0, 0.1) is 0 Å². The predicted octanol–water partition coefficient (Wildman–Crippen LogP) is 4.40. The Labute approximate surface area is 151 Å². The summed E-state index contributed by atoms with van der Waals surface area (Å²) in [6.45, 7) is 0. The van der Waals surface area contributed by atoms with E-state index >= 15 is 0 Å². The third kappa shape index (κ3) is 3.46. The molecule has 2 N–H and O–H groups in total. The second-order valence-corrected chi connectivity index (χ2v) is 6.06. The SMILES string of the molecule is O=C(Cc1cc(-c2nc3ccccc3[nH]2)n[nH]1)c1ccc(C(F)(F)F)cc1. The smallest absolute Gasteiger partial charge is 0.337 e. The molecule has 27 heavy (non-hydrogen) atoms. The Morgan fingerprint density at radius 2 is 1.78 bits per heavy atom. The number of H-pyrrole nitrogens is 2. The maximum atomic E-state index is 12.6. The zero-order valence-corrected chi connectivity index (χ0v) is 13.8. The van der Waals surface area contributed by atoms with Crippen LogP contribution in [-0.2, 0) is 12.6 Å². The van der Waals surface area contributed by atoms with Gasteiger partial charge in [-0.15, -0.1) is 0 Å². The number of halogens is 3. The molecule has 2 heterocycles. The number of hydrogen-bond acceptors (Lipinski definition) is 3. The first-order valence-corrected chi connectivity index (χ1v) is 8.10. The van der Waals surface area contributed by atoms with Crippen molar-refractivity contribution in [1.82, 2.24) is 20.2 Å². The highest BCUT2D eigenvalue weighted by Crippen LogP contribution is 2.29. The van der Waals surface area contributed by atoms with Gasteiger partial charge in [0.2, 0.25) is 0 Å². The number of alkyl halides is 3. The number of nitrogens with one attached hydrogen (secondary N) is 2. The monoisotopic (exact) mass is 370 g/mol. The van der Waals surface area contributed by atoms with E-state index < -0.39 is 11.7 Å². The van der Waals surface area contributed by atoms with Crippen LogP contribution in [-0.4, -0.2) is 25.9 Å². The summed E-state index contributed by atoms with van der Waals surface area (Å²) in [5.41, 5.74) is 2.21. The lowest BCUT2D eigenvalue weighted by Gasteiger charge is -2.06. The van der Waals surface area contributed by atoms with E-state index in [1.807, 2.05) is 24.3 Å². The number of ketones is 1. The van der Waals surface area contributed by atoms with Gasteiger partial charge in [-0.25, -0.2) is 4.98 Å². The number of carbonyl (C=O) groups is 1. The Morgan fingerprint density at radius 1 is 1.04 bits per heavy atom. The van der Waals surface area contributed by atoms with Gasteiger partial charge in [0.05, 0.1) is 23.0 Å². The van der Waals surface area contributed by atoms with Crippen LogP contribution >= 0.6 is 0 Å². The van der Waals surface area contributed by atoms with Crippen molar-refractivity contribution < 1.29 is 18.0 Å². The Kier molecular flexibility index (Phi) is 4.02. The molecule has 0 fully saturated rings. The molecule has 136 valence electrons. The summed E-state index contributed by atoms with van der Waals surface area (Å²) < 4.78 is 37.8. The van der Waals surface area contributed by atoms with Crippen molar-refractivity contribution in [3.63, 3.8) is 0 Å². The molecule has 0 aliphatic rings. The summed E-state index contributed by atoms with van der Waals surface area (Å²) in [5, 5.41) is 6.93. The van der Waals surface area contributed by atoms with E-state index in [0.717, 1.165) is 23.2 Å². The van der Waals surface area contributed by atoms with Gasteiger partial charge in [-0.05, 0) is 30.3 Å². The molecule has 0 atom stereocenters. The van der Waals surface area contributed by atoms with Crippen molar-refractivity contribution in [3.8, 4) is 11.5 Å². The topological polar surface area (TPSA) is 74.4 Å². The van der Waals surface area contributed by atoms with Gasteiger partial charge in [0.15, 0.2) is 11.6 Å². The van der Waals surface area contributed by atoms with Crippen LogP contribution < -0.4 is 0 Å². The lowest BCUT2D eigenvalue weighted by molar-refractivity contribution is -0.137. The highest BCUT2D eigenvalue weighted by molar-refractivity contribution is 5.97. The third-order valence-corrected chi connectivity index (χ3v) is 4.15. The summed E-state index contributed by atoms with van der Waals surface area (Å²) in [7, 11) is 0. The number of benzene rings is 2. The number of carbonyl (C=O) groups excluding carboxylic acids is 1. The molecule has 0 amide bonds. The molecule has 0 saturated carbocycles. The van der Waals surface area contributed by atoms with E-state index in [-0.39, 0.29) is 17.8 Å². The minimum Gasteiger partial charge on any atom is -0.337 e. The third-order valence-electron chi connectivity index (χ3n) is 4.15. The molecule has 0 saturated heterocycles. The van der Waals surface area contributed by atoms with Crippen molar-refractivity contribution >= 4 is 16.8 Å². The van der Waals surface area contributed by atoms with Gasteiger partial charge < -0.3 is 4.98 Å². The Hall–Kier alpha value is -3.42. The minimum absolute atomic E-state index is 0.00140. The number of aromatic amines is 2. The fraction of sp³-hybridized carbons (Fsp3) is 0.105. The normalized spacial score (nSPS) is 11.8. The molecule has 0 aliphatic carbocycles. The second kappa shape index (κ2) is 6.39. The van der Waals surface area contributed by atoms with Crippen LogP contribution in [0.3, 0.4) is 0 Å². The van der Waals surface area contributed by atoms with Crippen LogP contribution in [0.1, 0.15) is 21.6 Å². The molecule has 0 radical (unpaired) electrons. The first-order chi connectivity index (χ1) is 12.9. The number of aromatic nitrogens is 4. The summed E-state index contributed by atoms with van der Waals surface area (Å²) >= 11 is 0. The molecule has 0 spiro atoms. The molecule has 0 unspecified atom stereocenters. The molecule has 2 aromatic carbocycles. The number of imidazole rings is 1. The summed E-state index contributed by atoms with van der Waals surface area (Å²) in [5.74, 6) is 0.268. The molecule has 4 rings (SSSR count). The Balaban J connectivity index is 1.51. The zero-order chi connectivity index (χ0) is 19.0. The molecule has 0 bridgehead atoms. The maximum absolute atomic E-state index is 12.6. The molecule has 0 aliphatic heterocycles. The van der Waals surface area contributed by atoms with E-state index in [2.05, 4.69) is 20.2 Å². The number of nitrogens with zero attached hydrogens (tertiary/aromatic N) is 2. The maximum Gasteiger partial charge on any atom is 0.416 e. The van der Waals surface area contributed by atoms with Crippen molar-refractivity contribution in [2.45, 2.75) is 12.6 Å². The molecular weight excluding hydrogens is 357 g/mol. The van der Waals surface area contributed by atoms with Crippen molar-refractivity contribution in [2.75, 3.05) is 0 Å². The van der Waals surface area contributed by atoms with Crippen LogP contribution in [0.2, 0.25) is 0 Å². The molecule has 4 aromatic rings. The highest BCUT2D eigenvalue weighted by Gasteiger charge is 2.30. The van der Waals surface area contributed by atoms with Gasteiger partial charge in [-0.2, -0.15) is 18.3 Å². The summed E-state index contributed by atoms with van der Waals surface area (Å²) in [6.07, 6.45) is -4.43. The summed E-state index contributed by atoms with van der Waals surface area (Å²) in [6, 6.07) is 13.4. The summed E-state index contributed by atoms with van der Waals surface area (Å²) in [4.78, 5) is 19.9. The fourth-order valence-electron chi connectivity index (χ4n) is 2.77. The van der Waals surface area contributed by atoms with Gasteiger partial charge in [0, 0.05) is 11.3 Å². The first-order valence-electron chi connectivity index (χ1n) is 8.10. The van der Waals surface area contributed by atoms with Crippen molar-refractivity contribution in [3.05, 3.63) is 71.4 Å². The number of rotatable bonds is 4. The minimum atomic E-state index is -4.42. The van der Waals surface area contributed by atoms with Gasteiger partial charge in [-0.3, -0.25) is 9.89 Å². The van der Waals surface area contributed by atoms with Gasteiger partial charge >= 0.3 is 6.18 Å². The molecule has 2 aromatic heterocycles. The Bertz CT molecular complexity index is 1080. The highest BCUT2D eigenvalue weighted by atomic mass is 19.4. The van der Waals surface area contributed by atoms with Crippen LogP contribution in [0.15, 0.2) is 54.6 Å². The number of para-hydroxylation sites is 2. The van der Waals surface area contributed by atoms with Gasteiger partial charge in [0.25, 0.3) is 0 Å². The zero-order valence-electron chi connectivity index (χ0n) is 13.8. The lowest BCUT2D eigenvalue weighted by Crippen LogP contribution is -2.07. The standard InChI is InChI=1S/C19H13F3N4O/c20-19(21,22)12-7-5-11(6-8-12)17(27)10-13-9-16(26-25-13)18-23-14-3-1-2-4-15(14)24-18/h1-9H,10H2,(H,23,24)(H,25,26). The molecule has 5 nitrogen and oxygen atoms in total. The number of fused-ring (bicyclic) bond motifs is 1. The van der Waals surface area contributed by atoms with Crippen LogP contribution in [0.5, 0.6) is 0 Å². The average molecular weight is 370 g/mol. The van der Waals surface area contributed by atoms with E-state index in [0.29, 0.717) is 17.2 Å². The first kappa shape index (κ1) is 17.0. The van der Waals surface area contributed by atoms with Crippen molar-refractivity contribution in [1.29, 1.82) is 0 Å². The van der Waals surface area contributed by atoms with E-state index in [4.69, 9.17) is 0 Å². The van der Waals surface area contributed by atoms with Gasteiger partial charge in [0.1, 0.15) is 5.69 Å². The van der Waals surface area contributed by atoms with Gasteiger partial charge in [-0.1, -0.05) is 24.3 Å². The number of Topliss-reactive ketones (excluding diaryl/α,β-unsaturated/α-hetero) is 1. The quantitative estimate of drug-likeness (QED) is 0.523. The second-order valence-electron chi connectivity index (χ2n) is 6.06. The van der Waals surface area contributed by atoms with E-state index in [1.165, 1.54) is 12.1 Å². The van der Waals surface area contributed by atoms with E-state index in [9.17, 15) is 18.0 Å². The number of hydrogen-bond donors (Lipinski definition) is 2. The predicted molar refractivity (Wildman–Crippen MR) is 93.2 cm³/mol. The lowest BCUT2D eigenvalue weighted by atomic mass is 10.0. The molecule has 8 heteroatoms. The van der Waals surface area contributed by atoms with Crippen LogP contribution in [0.25, 0.3) is 22.6 Å². The van der Waals surface area contributed by atoms with Crippen molar-refractivity contribution in [2.24, 2.45) is 0 Å². The van der Waals surface area contributed by atoms with Crippen LogP contribution in [0.4, 0.5) is 13.2 Å².